The van der Waals surface area contributed by atoms with Crippen molar-refractivity contribution in [3.05, 3.63) is 57.2 Å². The first-order valence-corrected chi connectivity index (χ1v) is 9.68. The Morgan fingerprint density at radius 3 is 2.88 bits per heavy atom. The van der Waals surface area contributed by atoms with Crippen LogP contribution in [0.5, 0.6) is 0 Å². The topological polar surface area (TPSA) is 73.5 Å². The van der Waals surface area contributed by atoms with E-state index in [-0.39, 0.29) is 18.5 Å². The number of amides is 3. The smallest absolute Gasteiger partial charge is 0.321 e. The molecule has 26 heavy (non-hydrogen) atoms. The van der Waals surface area contributed by atoms with Crippen LogP contribution >= 0.6 is 22.9 Å². The maximum Gasteiger partial charge on any atom is 0.321 e. The number of carbonyl (C=O) groups is 2. The van der Waals surface area contributed by atoms with Gasteiger partial charge in [-0.25, -0.2) is 4.79 Å². The summed E-state index contributed by atoms with van der Waals surface area (Å²) in [7, 11) is 0. The molecule has 2 heterocycles. The molecule has 0 radical (unpaired) electrons. The van der Waals surface area contributed by atoms with Gasteiger partial charge < -0.3 is 10.6 Å². The number of benzene rings is 1. The minimum atomic E-state index is -0.479. The molecule has 6 nitrogen and oxygen atoms in total. The lowest BCUT2D eigenvalue weighted by Crippen LogP contribution is -2.51. The Morgan fingerprint density at radius 1 is 1.27 bits per heavy atom. The molecule has 1 aromatic carbocycles. The fourth-order valence-electron chi connectivity index (χ4n) is 2.96. The number of rotatable bonds is 5. The van der Waals surface area contributed by atoms with Crippen LogP contribution in [0.2, 0.25) is 5.02 Å². The molecule has 1 atom stereocenters. The molecule has 2 aromatic rings. The van der Waals surface area contributed by atoms with Gasteiger partial charge in [0, 0.05) is 35.6 Å². The summed E-state index contributed by atoms with van der Waals surface area (Å²) in [6, 6.07) is 11.0. The van der Waals surface area contributed by atoms with Gasteiger partial charge in [0.1, 0.15) is 0 Å². The first-order valence-electron chi connectivity index (χ1n) is 8.43. The molecule has 0 aliphatic carbocycles. The molecule has 138 valence electrons. The van der Waals surface area contributed by atoms with E-state index in [1.807, 2.05) is 46.7 Å². The quantitative estimate of drug-likeness (QED) is 0.730. The third-order valence-electron chi connectivity index (χ3n) is 4.22. The number of nitrogens with zero attached hydrogens (tertiary/aromatic N) is 1. The van der Waals surface area contributed by atoms with Crippen molar-refractivity contribution in [2.75, 3.05) is 26.2 Å². The van der Waals surface area contributed by atoms with E-state index in [2.05, 4.69) is 16.0 Å². The molecule has 3 N–H and O–H groups in total. The van der Waals surface area contributed by atoms with Crippen LogP contribution in [0.1, 0.15) is 16.5 Å². The zero-order valence-electron chi connectivity index (χ0n) is 14.2. The van der Waals surface area contributed by atoms with Crippen LogP contribution in [0.3, 0.4) is 0 Å². The lowest BCUT2D eigenvalue weighted by Gasteiger charge is -2.36. The Kier molecular flexibility index (Phi) is 6.62. The van der Waals surface area contributed by atoms with Crippen LogP contribution in [0.25, 0.3) is 0 Å². The van der Waals surface area contributed by atoms with E-state index in [1.54, 1.807) is 11.3 Å². The standard InChI is InChI=1S/C18H21ClN4O2S/c19-15-6-2-1-5-14(15)16-11-20-7-8-23(16)12-17(24)22-18(25)21-10-13-4-3-9-26-13/h1-6,9,16,20H,7-8,10-12H2,(H2,21,22,24,25). The number of imide groups is 1. The first-order chi connectivity index (χ1) is 12.6. The van der Waals surface area contributed by atoms with Crippen LogP contribution in [0, 0.1) is 0 Å². The zero-order chi connectivity index (χ0) is 18.4. The molecular weight excluding hydrogens is 372 g/mol. The molecule has 1 aliphatic heterocycles. The molecule has 1 saturated heterocycles. The lowest BCUT2D eigenvalue weighted by molar-refractivity contribution is -0.122. The molecule has 1 unspecified atom stereocenters. The van der Waals surface area contributed by atoms with Crippen molar-refractivity contribution in [3.8, 4) is 0 Å². The van der Waals surface area contributed by atoms with Crippen LogP contribution in [0.4, 0.5) is 4.79 Å². The van der Waals surface area contributed by atoms with E-state index >= 15 is 0 Å². The van der Waals surface area contributed by atoms with Gasteiger partial charge in [-0.15, -0.1) is 11.3 Å². The fraction of sp³-hybridized carbons (Fsp3) is 0.333. The Bertz CT molecular complexity index is 753. The van der Waals surface area contributed by atoms with Crippen LogP contribution in [-0.4, -0.2) is 43.0 Å². The number of piperazine rings is 1. The van der Waals surface area contributed by atoms with E-state index in [0.29, 0.717) is 24.7 Å². The molecule has 0 bridgehead atoms. The predicted molar refractivity (Wildman–Crippen MR) is 103 cm³/mol. The third kappa shape index (κ3) is 5.04. The highest BCUT2D eigenvalue weighted by molar-refractivity contribution is 7.09. The van der Waals surface area contributed by atoms with Crippen molar-refractivity contribution < 1.29 is 9.59 Å². The van der Waals surface area contributed by atoms with Gasteiger partial charge in [0.2, 0.25) is 5.91 Å². The largest absolute Gasteiger partial charge is 0.333 e. The highest BCUT2D eigenvalue weighted by atomic mass is 35.5. The predicted octanol–water partition coefficient (Wildman–Crippen LogP) is 2.37. The maximum absolute atomic E-state index is 12.3. The number of thiophene rings is 1. The zero-order valence-corrected chi connectivity index (χ0v) is 15.8. The molecule has 1 aliphatic rings. The summed E-state index contributed by atoms with van der Waals surface area (Å²) >= 11 is 7.87. The van der Waals surface area contributed by atoms with Gasteiger partial charge in [-0.3, -0.25) is 15.0 Å². The normalized spacial score (nSPS) is 17.7. The average molecular weight is 393 g/mol. The fourth-order valence-corrected chi connectivity index (χ4v) is 3.87. The summed E-state index contributed by atoms with van der Waals surface area (Å²) in [5.41, 5.74) is 0.983. The van der Waals surface area contributed by atoms with Crippen molar-refractivity contribution in [1.82, 2.24) is 20.9 Å². The monoisotopic (exact) mass is 392 g/mol. The number of nitrogens with one attached hydrogen (secondary N) is 3. The minimum absolute atomic E-state index is 0.00243. The molecule has 1 aromatic heterocycles. The van der Waals surface area contributed by atoms with Crippen LogP contribution in [-0.2, 0) is 11.3 Å². The van der Waals surface area contributed by atoms with E-state index < -0.39 is 6.03 Å². The highest BCUT2D eigenvalue weighted by Crippen LogP contribution is 2.28. The van der Waals surface area contributed by atoms with Crippen LogP contribution < -0.4 is 16.0 Å². The van der Waals surface area contributed by atoms with E-state index in [0.717, 1.165) is 17.0 Å². The molecule has 0 saturated carbocycles. The number of carbonyl (C=O) groups excluding carboxylic acids is 2. The second-order valence-electron chi connectivity index (χ2n) is 6.02. The van der Waals surface area contributed by atoms with E-state index in [4.69, 9.17) is 11.6 Å². The van der Waals surface area contributed by atoms with Gasteiger partial charge in [-0.2, -0.15) is 0 Å². The van der Waals surface area contributed by atoms with Gasteiger partial charge in [-0.1, -0.05) is 35.9 Å². The minimum Gasteiger partial charge on any atom is -0.333 e. The number of hydrogen-bond donors (Lipinski definition) is 3. The number of urea groups is 1. The average Bonchev–Trinajstić information content (AvgIpc) is 3.15. The number of halogens is 1. The highest BCUT2D eigenvalue weighted by Gasteiger charge is 2.27. The molecule has 3 rings (SSSR count). The lowest BCUT2D eigenvalue weighted by atomic mass is 10.0. The third-order valence-corrected chi connectivity index (χ3v) is 5.44. The van der Waals surface area contributed by atoms with Gasteiger partial charge in [0.25, 0.3) is 0 Å². The Labute approximate surface area is 161 Å². The molecule has 8 heteroatoms. The second-order valence-corrected chi connectivity index (χ2v) is 7.46. The first kappa shape index (κ1) is 18.8. The molecule has 3 amide bonds. The summed E-state index contributed by atoms with van der Waals surface area (Å²) in [6.07, 6.45) is 0. The number of hydrogen-bond acceptors (Lipinski definition) is 5. The molecule has 0 spiro atoms. The Morgan fingerprint density at radius 2 is 2.12 bits per heavy atom. The van der Waals surface area contributed by atoms with E-state index in [1.165, 1.54) is 0 Å². The molecular formula is C18H21ClN4O2S. The van der Waals surface area contributed by atoms with Crippen LogP contribution in [0.15, 0.2) is 41.8 Å². The van der Waals surface area contributed by atoms with Crippen molar-refractivity contribution in [3.63, 3.8) is 0 Å². The van der Waals surface area contributed by atoms with E-state index in [9.17, 15) is 9.59 Å². The van der Waals surface area contributed by atoms with Crippen molar-refractivity contribution in [2.24, 2.45) is 0 Å². The summed E-state index contributed by atoms with van der Waals surface area (Å²) in [4.78, 5) is 27.3. The SMILES string of the molecule is O=C(CN1CCNCC1c1ccccc1Cl)NC(=O)NCc1cccs1. The van der Waals surface area contributed by atoms with Crippen molar-refractivity contribution in [2.45, 2.75) is 12.6 Å². The summed E-state index contributed by atoms with van der Waals surface area (Å²) in [5.74, 6) is -0.326. The van der Waals surface area contributed by atoms with Crippen molar-refractivity contribution >= 4 is 34.9 Å². The van der Waals surface area contributed by atoms with Gasteiger partial charge in [0.05, 0.1) is 13.1 Å². The van der Waals surface area contributed by atoms with Crippen molar-refractivity contribution in [1.29, 1.82) is 0 Å². The Hall–Kier alpha value is -1.93. The van der Waals surface area contributed by atoms with Gasteiger partial charge in [-0.05, 0) is 23.1 Å². The second kappa shape index (κ2) is 9.14. The summed E-state index contributed by atoms with van der Waals surface area (Å²) < 4.78 is 0. The van der Waals surface area contributed by atoms with Gasteiger partial charge in [0.15, 0.2) is 0 Å². The summed E-state index contributed by atoms with van der Waals surface area (Å²) in [6.45, 7) is 2.76. The summed E-state index contributed by atoms with van der Waals surface area (Å²) in [5, 5.41) is 11.0. The van der Waals surface area contributed by atoms with Gasteiger partial charge >= 0.3 is 6.03 Å². The Balaban J connectivity index is 1.54. The molecule has 1 fully saturated rings. The maximum atomic E-state index is 12.3.